The van der Waals surface area contributed by atoms with Crippen LogP contribution in [-0.2, 0) is 14.4 Å². The minimum atomic E-state index is -0.896. The van der Waals surface area contributed by atoms with Crippen LogP contribution in [0.5, 0.6) is 0 Å². The highest BCUT2D eigenvalue weighted by Crippen LogP contribution is 2.32. The van der Waals surface area contributed by atoms with Crippen LogP contribution >= 0.6 is 0 Å². The molecular formula is C13H24N2O4. The zero-order chi connectivity index (χ0) is 14.8. The highest BCUT2D eigenvalue weighted by molar-refractivity contribution is 5.89. The highest BCUT2D eigenvalue weighted by atomic mass is 16.7. The van der Waals surface area contributed by atoms with E-state index in [0.717, 1.165) is 11.5 Å². The monoisotopic (exact) mass is 272 g/mol. The normalized spacial score (nSPS) is 23.4. The summed E-state index contributed by atoms with van der Waals surface area (Å²) in [5, 5.41) is 1.16. The van der Waals surface area contributed by atoms with Gasteiger partial charge in [0, 0.05) is 13.6 Å². The van der Waals surface area contributed by atoms with E-state index in [2.05, 4.69) is 0 Å². The molecular weight excluding hydrogens is 248 g/mol. The Labute approximate surface area is 114 Å². The van der Waals surface area contributed by atoms with E-state index in [0.29, 0.717) is 13.0 Å². The Kier molecular flexibility index (Phi) is 4.45. The summed E-state index contributed by atoms with van der Waals surface area (Å²) < 4.78 is 5.36. The van der Waals surface area contributed by atoms with Gasteiger partial charge in [0.25, 0.3) is 5.91 Å². The van der Waals surface area contributed by atoms with Crippen LogP contribution in [0, 0.1) is 0 Å². The molecule has 1 saturated heterocycles. The number of amides is 2. The molecule has 1 atom stereocenters. The molecule has 0 spiro atoms. The molecule has 0 radical (unpaired) electrons. The van der Waals surface area contributed by atoms with E-state index in [1.807, 2.05) is 0 Å². The summed E-state index contributed by atoms with van der Waals surface area (Å²) in [6.45, 7) is 7.70. The number of carbonyl (C=O) groups excluding carboxylic acids is 2. The molecule has 6 nitrogen and oxygen atoms in total. The van der Waals surface area contributed by atoms with Gasteiger partial charge in [0.2, 0.25) is 0 Å². The number of ether oxygens (including phenoxy) is 1. The minimum absolute atomic E-state index is 0.238. The van der Waals surface area contributed by atoms with Crippen molar-refractivity contribution in [2.24, 2.45) is 0 Å². The molecule has 0 aliphatic carbocycles. The molecule has 1 heterocycles. The van der Waals surface area contributed by atoms with Gasteiger partial charge in [-0.25, -0.2) is 9.86 Å². The lowest BCUT2D eigenvalue weighted by molar-refractivity contribution is -0.179. The van der Waals surface area contributed by atoms with Crippen molar-refractivity contribution in [2.75, 3.05) is 20.7 Å². The van der Waals surface area contributed by atoms with Crippen molar-refractivity contribution in [3.8, 4) is 0 Å². The van der Waals surface area contributed by atoms with Crippen LogP contribution in [-0.4, -0.2) is 53.8 Å². The molecule has 0 bridgehead atoms. The van der Waals surface area contributed by atoms with Crippen molar-refractivity contribution in [1.82, 2.24) is 9.96 Å². The molecule has 1 aliphatic heterocycles. The summed E-state index contributed by atoms with van der Waals surface area (Å²) in [5.74, 6) is -0.238. The van der Waals surface area contributed by atoms with Crippen molar-refractivity contribution < 1.29 is 19.2 Å². The summed E-state index contributed by atoms with van der Waals surface area (Å²) in [5.41, 5.74) is -1.47. The SMILES string of the molecule is CON(C)C(=O)[C@]1(C)CCCN1C(=O)OC(C)(C)C. The van der Waals surface area contributed by atoms with Gasteiger partial charge in [-0.05, 0) is 40.5 Å². The maximum atomic E-state index is 12.3. The van der Waals surface area contributed by atoms with Gasteiger partial charge in [0.05, 0.1) is 7.11 Å². The molecule has 0 N–H and O–H groups in total. The second-order valence-electron chi connectivity index (χ2n) is 5.99. The second-order valence-corrected chi connectivity index (χ2v) is 5.99. The molecule has 110 valence electrons. The molecule has 2 amide bonds. The van der Waals surface area contributed by atoms with Crippen molar-refractivity contribution in [2.45, 2.75) is 51.7 Å². The Balaban J connectivity index is 2.89. The molecule has 0 aromatic rings. The summed E-state index contributed by atoms with van der Waals surface area (Å²) in [6.07, 6.45) is 0.933. The maximum Gasteiger partial charge on any atom is 0.411 e. The van der Waals surface area contributed by atoms with Crippen LogP contribution < -0.4 is 0 Å². The standard InChI is InChI=1S/C13H24N2O4/c1-12(2,3)19-11(17)15-9-7-8-13(15,4)10(16)14(5)18-6/h7-9H2,1-6H3/t13-/m0/s1. The first-order chi connectivity index (χ1) is 8.62. The van der Waals surface area contributed by atoms with Crippen LogP contribution in [0.15, 0.2) is 0 Å². The van der Waals surface area contributed by atoms with Crippen molar-refractivity contribution in [1.29, 1.82) is 0 Å². The Morgan fingerprint density at radius 2 is 1.89 bits per heavy atom. The summed E-state index contributed by atoms with van der Waals surface area (Å²) in [7, 11) is 2.97. The maximum absolute atomic E-state index is 12.3. The van der Waals surface area contributed by atoms with E-state index in [-0.39, 0.29) is 5.91 Å². The number of rotatable bonds is 2. The van der Waals surface area contributed by atoms with E-state index < -0.39 is 17.2 Å². The number of nitrogens with zero attached hydrogens (tertiary/aromatic N) is 2. The lowest BCUT2D eigenvalue weighted by atomic mass is 9.98. The van der Waals surface area contributed by atoms with E-state index >= 15 is 0 Å². The second kappa shape index (κ2) is 5.36. The van der Waals surface area contributed by atoms with Crippen LogP contribution in [0.4, 0.5) is 4.79 Å². The molecule has 6 heteroatoms. The van der Waals surface area contributed by atoms with Crippen LogP contribution in [0.1, 0.15) is 40.5 Å². The molecule has 1 rings (SSSR count). The first-order valence-corrected chi connectivity index (χ1v) is 6.45. The number of carbonyl (C=O) groups is 2. The molecule has 0 aromatic heterocycles. The average Bonchev–Trinajstić information content (AvgIpc) is 2.68. The quantitative estimate of drug-likeness (QED) is 0.719. The fourth-order valence-electron chi connectivity index (χ4n) is 2.22. The van der Waals surface area contributed by atoms with Gasteiger partial charge in [-0.15, -0.1) is 0 Å². The lowest BCUT2D eigenvalue weighted by Gasteiger charge is -2.36. The number of hydrogen-bond donors (Lipinski definition) is 0. The summed E-state index contributed by atoms with van der Waals surface area (Å²) >= 11 is 0. The number of likely N-dealkylation sites (tertiary alicyclic amines) is 1. The van der Waals surface area contributed by atoms with Crippen LogP contribution in [0.25, 0.3) is 0 Å². The van der Waals surface area contributed by atoms with Gasteiger partial charge in [-0.3, -0.25) is 14.5 Å². The third-order valence-electron chi connectivity index (χ3n) is 3.28. The molecule has 0 unspecified atom stereocenters. The van der Waals surface area contributed by atoms with E-state index in [1.165, 1.54) is 12.0 Å². The summed E-state index contributed by atoms with van der Waals surface area (Å²) in [4.78, 5) is 30.9. The third kappa shape index (κ3) is 3.37. The Hall–Kier alpha value is -1.30. The van der Waals surface area contributed by atoms with Crippen molar-refractivity contribution in [3.63, 3.8) is 0 Å². The minimum Gasteiger partial charge on any atom is -0.444 e. The third-order valence-corrected chi connectivity index (χ3v) is 3.28. The largest absolute Gasteiger partial charge is 0.444 e. The average molecular weight is 272 g/mol. The van der Waals surface area contributed by atoms with E-state index in [9.17, 15) is 9.59 Å². The molecule has 1 fully saturated rings. The van der Waals surface area contributed by atoms with Gasteiger partial charge in [-0.1, -0.05) is 0 Å². The van der Waals surface area contributed by atoms with Crippen molar-refractivity contribution in [3.05, 3.63) is 0 Å². The number of likely N-dealkylation sites (N-methyl/N-ethyl adjacent to an activating group) is 1. The first-order valence-electron chi connectivity index (χ1n) is 6.45. The Morgan fingerprint density at radius 1 is 1.32 bits per heavy atom. The lowest BCUT2D eigenvalue weighted by Crippen LogP contribution is -2.56. The van der Waals surface area contributed by atoms with Crippen molar-refractivity contribution >= 4 is 12.0 Å². The Bertz CT molecular complexity index is 364. The van der Waals surface area contributed by atoms with E-state index in [1.54, 1.807) is 34.7 Å². The predicted molar refractivity (Wildman–Crippen MR) is 70.4 cm³/mol. The van der Waals surface area contributed by atoms with Gasteiger partial charge >= 0.3 is 6.09 Å². The molecule has 0 saturated carbocycles. The Morgan fingerprint density at radius 3 is 2.37 bits per heavy atom. The first kappa shape index (κ1) is 15.8. The topological polar surface area (TPSA) is 59.1 Å². The molecule has 1 aliphatic rings. The highest BCUT2D eigenvalue weighted by Gasteiger charge is 2.48. The predicted octanol–water partition coefficient (Wildman–Crippen LogP) is 1.80. The zero-order valence-electron chi connectivity index (χ0n) is 12.6. The summed E-state index contributed by atoms with van der Waals surface area (Å²) in [6, 6.07) is 0. The van der Waals surface area contributed by atoms with Gasteiger partial charge < -0.3 is 4.74 Å². The van der Waals surface area contributed by atoms with Gasteiger partial charge in [0.15, 0.2) is 0 Å². The van der Waals surface area contributed by atoms with Crippen LogP contribution in [0.2, 0.25) is 0 Å². The molecule has 0 aromatic carbocycles. The zero-order valence-corrected chi connectivity index (χ0v) is 12.6. The fourth-order valence-corrected chi connectivity index (χ4v) is 2.22. The fraction of sp³-hybridized carbons (Fsp3) is 0.846. The van der Waals surface area contributed by atoms with E-state index in [4.69, 9.17) is 9.57 Å². The molecule has 19 heavy (non-hydrogen) atoms. The smallest absolute Gasteiger partial charge is 0.411 e. The number of hydroxylamine groups is 2. The van der Waals surface area contributed by atoms with Gasteiger partial charge in [0.1, 0.15) is 11.1 Å². The van der Waals surface area contributed by atoms with Gasteiger partial charge in [-0.2, -0.15) is 0 Å². The number of hydrogen-bond acceptors (Lipinski definition) is 4. The van der Waals surface area contributed by atoms with Crippen LogP contribution in [0.3, 0.4) is 0 Å².